The van der Waals surface area contributed by atoms with Crippen LogP contribution in [0.1, 0.15) is 5.56 Å². The maximum Gasteiger partial charge on any atom is 0.206 e. The Kier molecular flexibility index (Phi) is 9.04. The highest BCUT2D eigenvalue weighted by atomic mass is 32.2. The van der Waals surface area contributed by atoms with E-state index in [0.29, 0.717) is 11.5 Å². The quantitative estimate of drug-likeness (QED) is 0.160. The summed E-state index contributed by atoms with van der Waals surface area (Å²) in [5.41, 5.74) is 6.65. The van der Waals surface area contributed by atoms with Crippen LogP contribution >= 0.6 is 0 Å². The van der Waals surface area contributed by atoms with Crippen LogP contribution in [0.15, 0.2) is 189 Å². The molecule has 0 fully saturated rings. The van der Waals surface area contributed by atoms with Gasteiger partial charge in [0.25, 0.3) is 0 Å². The first-order valence-electron chi connectivity index (χ1n) is 16.1. The molecule has 0 atom stereocenters. The SMILES string of the molecule is Cc1ccc(S(=O)(=O)c2ccc(-c3ccc(S(=O)(=O)c4ccc(Oc5ccc(-c6ccc(-c7ccc(O)cc7)cc6)cc5)cc4)cc3)cc2)cc1. The van der Waals surface area contributed by atoms with E-state index in [1.165, 1.54) is 12.1 Å². The molecule has 0 aliphatic heterocycles. The van der Waals surface area contributed by atoms with Crippen LogP contribution in [0.3, 0.4) is 0 Å². The number of aryl methyl sites for hydroxylation is 1. The van der Waals surface area contributed by atoms with Gasteiger partial charge in [-0.05, 0) is 125 Å². The molecule has 7 aromatic rings. The van der Waals surface area contributed by atoms with Crippen LogP contribution in [0.4, 0.5) is 0 Å². The van der Waals surface area contributed by atoms with Crippen LogP contribution in [0, 0.1) is 6.92 Å². The summed E-state index contributed by atoms with van der Waals surface area (Å²) in [5, 5.41) is 9.54. The van der Waals surface area contributed by atoms with Crippen molar-refractivity contribution in [2.75, 3.05) is 0 Å². The van der Waals surface area contributed by atoms with E-state index in [1.807, 2.05) is 67.6 Å². The average Bonchev–Trinajstić information content (AvgIpc) is 3.16. The number of aromatic hydroxyl groups is 1. The second-order valence-corrected chi connectivity index (χ2v) is 16.0. The van der Waals surface area contributed by atoms with Gasteiger partial charge in [0.1, 0.15) is 17.2 Å². The van der Waals surface area contributed by atoms with Crippen LogP contribution in [0.25, 0.3) is 33.4 Å². The van der Waals surface area contributed by atoms with Gasteiger partial charge >= 0.3 is 0 Å². The summed E-state index contributed by atoms with van der Waals surface area (Å²) in [4.78, 5) is 0.702. The van der Waals surface area contributed by atoms with Crippen LogP contribution in [-0.4, -0.2) is 21.9 Å². The average molecular weight is 709 g/mol. The monoisotopic (exact) mass is 708 g/mol. The molecule has 0 bridgehead atoms. The maximum atomic E-state index is 13.4. The largest absolute Gasteiger partial charge is 0.508 e. The van der Waals surface area contributed by atoms with Crippen molar-refractivity contribution in [3.63, 3.8) is 0 Å². The Morgan fingerprint density at radius 3 is 0.941 bits per heavy atom. The Balaban J connectivity index is 0.995. The lowest BCUT2D eigenvalue weighted by Gasteiger charge is -2.10. The normalized spacial score (nSPS) is 11.6. The fraction of sp³-hybridized carbons (Fsp3) is 0.0233. The van der Waals surface area contributed by atoms with E-state index >= 15 is 0 Å². The van der Waals surface area contributed by atoms with E-state index < -0.39 is 19.7 Å². The minimum Gasteiger partial charge on any atom is -0.508 e. The van der Waals surface area contributed by atoms with Gasteiger partial charge < -0.3 is 9.84 Å². The molecule has 252 valence electrons. The summed E-state index contributed by atoms with van der Waals surface area (Å²) in [6.45, 7) is 1.90. The lowest BCUT2D eigenvalue weighted by molar-refractivity contribution is 0.475. The van der Waals surface area contributed by atoms with E-state index in [9.17, 15) is 21.9 Å². The van der Waals surface area contributed by atoms with Gasteiger partial charge in [0.05, 0.1) is 19.6 Å². The summed E-state index contributed by atoms with van der Waals surface area (Å²) in [6, 6.07) is 49.0. The molecule has 0 aromatic heterocycles. The maximum absolute atomic E-state index is 13.4. The fourth-order valence-corrected chi connectivity index (χ4v) is 8.21. The molecule has 0 amide bonds. The second-order valence-electron chi connectivity index (χ2n) is 12.1. The van der Waals surface area contributed by atoms with Gasteiger partial charge in [0.15, 0.2) is 0 Å². The van der Waals surface area contributed by atoms with Crippen molar-refractivity contribution in [2.45, 2.75) is 26.5 Å². The molecule has 7 aromatic carbocycles. The molecular formula is C43H32O6S2. The number of benzene rings is 7. The Hall–Kier alpha value is -5.96. The van der Waals surface area contributed by atoms with Crippen molar-refractivity contribution in [3.05, 3.63) is 175 Å². The van der Waals surface area contributed by atoms with E-state index in [0.717, 1.165) is 38.9 Å². The van der Waals surface area contributed by atoms with Crippen molar-refractivity contribution in [3.8, 4) is 50.6 Å². The number of ether oxygens (including phenoxy) is 1. The van der Waals surface area contributed by atoms with Gasteiger partial charge in [-0.25, -0.2) is 16.8 Å². The molecule has 0 saturated carbocycles. The predicted octanol–water partition coefficient (Wildman–Crippen LogP) is 10.2. The summed E-state index contributed by atoms with van der Waals surface area (Å²) in [5.74, 6) is 1.35. The van der Waals surface area contributed by atoms with Crippen molar-refractivity contribution >= 4 is 19.7 Å². The first-order valence-corrected chi connectivity index (χ1v) is 19.1. The van der Waals surface area contributed by atoms with Gasteiger partial charge in [-0.15, -0.1) is 0 Å². The van der Waals surface area contributed by atoms with Gasteiger partial charge in [-0.1, -0.05) is 90.5 Å². The van der Waals surface area contributed by atoms with Crippen molar-refractivity contribution in [1.29, 1.82) is 0 Å². The minimum absolute atomic E-state index is 0.138. The van der Waals surface area contributed by atoms with E-state index in [1.54, 1.807) is 97.1 Å². The Morgan fingerprint density at radius 1 is 0.353 bits per heavy atom. The van der Waals surface area contributed by atoms with Crippen LogP contribution in [0.2, 0.25) is 0 Å². The predicted molar refractivity (Wildman–Crippen MR) is 199 cm³/mol. The molecule has 0 aliphatic carbocycles. The molecule has 0 aliphatic rings. The van der Waals surface area contributed by atoms with Gasteiger partial charge in [-0.3, -0.25) is 0 Å². The molecule has 0 heterocycles. The standard InChI is InChI=1S/C43H32O6S2/c1-30-2-22-40(23-3-30)50(45,46)41-24-12-35(13-25-41)36-14-26-42(27-15-36)51(47,48)43-28-20-39(21-29-43)49-38-18-10-34(11-19-38)32-6-4-31(5-7-32)33-8-16-37(44)17-9-33/h2-29,44H,1H3. The zero-order chi connectivity index (χ0) is 35.6. The summed E-state index contributed by atoms with van der Waals surface area (Å²) in [6.07, 6.45) is 0. The Morgan fingerprint density at radius 2 is 0.588 bits per heavy atom. The highest BCUT2D eigenvalue weighted by Crippen LogP contribution is 2.31. The molecule has 0 radical (unpaired) electrons. The van der Waals surface area contributed by atoms with Gasteiger partial charge in [0.2, 0.25) is 19.7 Å². The highest BCUT2D eigenvalue weighted by molar-refractivity contribution is 7.91. The first-order chi connectivity index (χ1) is 24.6. The number of hydrogen-bond donors (Lipinski definition) is 1. The smallest absolute Gasteiger partial charge is 0.206 e. The van der Waals surface area contributed by atoms with Crippen molar-refractivity contribution in [2.24, 2.45) is 0 Å². The van der Waals surface area contributed by atoms with Gasteiger partial charge in [0, 0.05) is 0 Å². The Labute approximate surface area is 297 Å². The third kappa shape index (κ3) is 7.19. The van der Waals surface area contributed by atoms with Crippen LogP contribution in [0.5, 0.6) is 17.2 Å². The number of sulfone groups is 2. The Bertz CT molecular complexity index is 2510. The topological polar surface area (TPSA) is 97.7 Å². The van der Waals surface area contributed by atoms with E-state index in [-0.39, 0.29) is 25.3 Å². The zero-order valence-electron chi connectivity index (χ0n) is 27.5. The molecule has 1 N–H and O–H groups in total. The molecule has 6 nitrogen and oxygen atoms in total. The molecular weight excluding hydrogens is 677 g/mol. The second kappa shape index (κ2) is 13.7. The van der Waals surface area contributed by atoms with Crippen molar-refractivity contribution < 1.29 is 26.7 Å². The van der Waals surface area contributed by atoms with E-state index in [2.05, 4.69) is 0 Å². The van der Waals surface area contributed by atoms with E-state index in [4.69, 9.17) is 4.74 Å². The third-order valence-electron chi connectivity index (χ3n) is 8.64. The number of phenolic OH excluding ortho intramolecular Hbond substituents is 1. The summed E-state index contributed by atoms with van der Waals surface area (Å²) < 4.78 is 58.9. The molecule has 0 spiro atoms. The minimum atomic E-state index is -3.79. The fourth-order valence-electron chi connectivity index (χ4n) is 5.69. The van der Waals surface area contributed by atoms with Crippen LogP contribution in [-0.2, 0) is 19.7 Å². The summed E-state index contributed by atoms with van der Waals surface area (Å²) in [7, 11) is -7.44. The van der Waals surface area contributed by atoms with Crippen molar-refractivity contribution in [1.82, 2.24) is 0 Å². The number of rotatable bonds is 9. The third-order valence-corrected chi connectivity index (χ3v) is 12.2. The molecule has 0 saturated heterocycles. The molecule has 7 rings (SSSR count). The lowest BCUT2D eigenvalue weighted by Crippen LogP contribution is -2.02. The molecule has 8 heteroatoms. The molecule has 0 unspecified atom stereocenters. The van der Waals surface area contributed by atoms with Crippen LogP contribution < -0.4 is 4.74 Å². The first kappa shape index (κ1) is 33.5. The summed E-state index contributed by atoms with van der Waals surface area (Å²) >= 11 is 0. The highest BCUT2D eigenvalue weighted by Gasteiger charge is 2.19. The zero-order valence-corrected chi connectivity index (χ0v) is 29.1. The molecule has 51 heavy (non-hydrogen) atoms. The lowest BCUT2D eigenvalue weighted by atomic mass is 10.0. The van der Waals surface area contributed by atoms with Gasteiger partial charge in [-0.2, -0.15) is 0 Å². The number of phenols is 1. The number of hydrogen-bond acceptors (Lipinski definition) is 6.